The molecule has 0 aromatic heterocycles. The van der Waals surface area contributed by atoms with Gasteiger partial charge >= 0.3 is 11.8 Å². The summed E-state index contributed by atoms with van der Waals surface area (Å²) in [6.45, 7) is 1.09. The van der Waals surface area contributed by atoms with Crippen LogP contribution in [0.2, 0.25) is 0 Å². The second-order valence-corrected chi connectivity index (χ2v) is 7.57. The summed E-state index contributed by atoms with van der Waals surface area (Å²) in [4.78, 5) is 24.0. The Kier molecular flexibility index (Phi) is 5.81. The molecule has 0 fully saturated rings. The second kappa shape index (κ2) is 8.28. The maximum absolute atomic E-state index is 12.0. The van der Waals surface area contributed by atoms with Crippen LogP contribution in [0.3, 0.4) is 0 Å². The molecule has 0 unspecified atom stereocenters. The van der Waals surface area contributed by atoms with Crippen molar-refractivity contribution in [3.05, 3.63) is 48.0 Å². The van der Waals surface area contributed by atoms with Gasteiger partial charge in [-0.05, 0) is 36.2 Å². The van der Waals surface area contributed by atoms with Crippen molar-refractivity contribution in [1.82, 2.24) is 5.32 Å². The lowest BCUT2D eigenvalue weighted by Crippen LogP contribution is -2.36. The smallest absolute Gasteiger partial charge is 0.313 e. The van der Waals surface area contributed by atoms with E-state index >= 15 is 0 Å². The van der Waals surface area contributed by atoms with Crippen LogP contribution < -0.4 is 25.2 Å². The number of carbonyl (C=O) groups is 2. The topological polar surface area (TPSA) is 137 Å². The molecule has 148 valence electrons. The molecular formula is C18H19N3O6S. The number of nitrogens with one attached hydrogen (secondary N) is 2. The number of ether oxygens (including phenoxy) is 2. The van der Waals surface area contributed by atoms with Gasteiger partial charge in [0.1, 0.15) is 13.2 Å². The highest BCUT2D eigenvalue weighted by atomic mass is 32.2. The Hall–Kier alpha value is -3.11. The first-order valence-corrected chi connectivity index (χ1v) is 9.98. The van der Waals surface area contributed by atoms with Gasteiger partial charge < -0.3 is 20.1 Å². The van der Waals surface area contributed by atoms with Gasteiger partial charge in [-0.1, -0.05) is 12.1 Å². The Balaban J connectivity index is 1.49. The minimum Gasteiger partial charge on any atom is -0.486 e. The molecule has 0 atom stereocenters. The molecule has 2 aromatic rings. The van der Waals surface area contributed by atoms with Crippen molar-refractivity contribution in [2.24, 2.45) is 5.14 Å². The molecule has 10 heteroatoms. The Labute approximate surface area is 161 Å². The van der Waals surface area contributed by atoms with Crippen LogP contribution in [-0.2, 0) is 26.0 Å². The van der Waals surface area contributed by atoms with E-state index < -0.39 is 21.8 Å². The number of carbonyl (C=O) groups excluding carboxylic acids is 2. The van der Waals surface area contributed by atoms with Gasteiger partial charge in [-0.2, -0.15) is 0 Å². The Morgan fingerprint density at radius 2 is 1.64 bits per heavy atom. The van der Waals surface area contributed by atoms with Crippen molar-refractivity contribution >= 4 is 27.5 Å². The highest BCUT2D eigenvalue weighted by molar-refractivity contribution is 7.89. The predicted molar refractivity (Wildman–Crippen MR) is 101 cm³/mol. The van der Waals surface area contributed by atoms with E-state index in [1.165, 1.54) is 12.1 Å². The van der Waals surface area contributed by atoms with Gasteiger partial charge in [-0.3, -0.25) is 9.59 Å². The van der Waals surface area contributed by atoms with Gasteiger partial charge in [0.15, 0.2) is 11.5 Å². The molecular weight excluding hydrogens is 386 g/mol. The quantitative estimate of drug-likeness (QED) is 0.616. The molecule has 0 saturated carbocycles. The van der Waals surface area contributed by atoms with Crippen molar-refractivity contribution in [3.63, 3.8) is 0 Å². The molecule has 0 aliphatic carbocycles. The number of hydrogen-bond donors (Lipinski definition) is 3. The van der Waals surface area contributed by atoms with Crippen LogP contribution in [-0.4, -0.2) is 40.0 Å². The maximum Gasteiger partial charge on any atom is 0.313 e. The maximum atomic E-state index is 12.0. The summed E-state index contributed by atoms with van der Waals surface area (Å²) >= 11 is 0. The highest BCUT2D eigenvalue weighted by Crippen LogP contribution is 2.32. The van der Waals surface area contributed by atoms with Crippen LogP contribution in [0, 0.1) is 0 Å². The Bertz CT molecular complexity index is 989. The molecule has 28 heavy (non-hydrogen) atoms. The number of benzene rings is 2. The number of rotatable bonds is 5. The summed E-state index contributed by atoms with van der Waals surface area (Å²) in [6, 6.07) is 10.8. The second-order valence-electron chi connectivity index (χ2n) is 6.01. The molecule has 2 aromatic carbocycles. The minimum atomic E-state index is -3.74. The molecule has 2 amide bonds. The zero-order chi connectivity index (χ0) is 20.1. The minimum absolute atomic E-state index is 0.0130. The standard InChI is InChI=1S/C18H19N3O6S/c19-28(24,25)14-4-1-12(2-5-14)7-8-20-17(22)18(23)21-13-3-6-15-16(11-13)27-10-9-26-15/h1-6,11H,7-10H2,(H,20,22)(H,21,23)(H2,19,24,25). The van der Waals surface area contributed by atoms with E-state index in [9.17, 15) is 18.0 Å². The first-order chi connectivity index (χ1) is 13.3. The normalized spacial score (nSPS) is 12.9. The van der Waals surface area contributed by atoms with Gasteiger partial charge in [-0.15, -0.1) is 0 Å². The highest BCUT2D eigenvalue weighted by Gasteiger charge is 2.16. The fourth-order valence-electron chi connectivity index (χ4n) is 2.56. The first-order valence-electron chi connectivity index (χ1n) is 8.43. The third-order valence-electron chi connectivity index (χ3n) is 3.96. The van der Waals surface area contributed by atoms with E-state index in [4.69, 9.17) is 14.6 Å². The zero-order valence-corrected chi connectivity index (χ0v) is 15.6. The van der Waals surface area contributed by atoms with Crippen LogP contribution in [0.5, 0.6) is 11.5 Å². The van der Waals surface area contributed by atoms with Crippen LogP contribution in [0.25, 0.3) is 0 Å². The number of anilines is 1. The van der Waals surface area contributed by atoms with Crippen molar-refractivity contribution in [3.8, 4) is 11.5 Å². The molecule has 1 aliphatic heterocycles. The average Bonchev–Trinajstić information content (AvgIpc) is 2.67. The summed E-state index contributed by atoms with van der Waals surface area (Å²) in [7, 11) is -3.74. The lowest BCUT2D eigenvalue weighted by molar-refractivity contribution is -0.136. The predicted octanol–water partition coefficient (Wildman–Crippen LogP) is 0.403. The number of primary sulfonamides is 1. The molecule has 0 spiro atoms. The summed E-state index contributed by atoms with van der Waals surface area (Å²) in [5.41, 5.74) is 1.21. The Morgan fingerprint density at radius 1 is 0.964 bits per heavy atom. The van der Waals surface area contributed by atoms with Gasteiger partial charge in [0.2, 0.25) is 10.0 Å². The number of fused-ring (bicyclic) bond motifs is 1. The van der Waals surface area contributed by atoms with Crippen LogP contribution in [0.1, 0.15) is 5.56 Å². The third-order valence-corrected chi connectivity index (χ3v) is 4.89. The molecule has 0 radical (unpaired) electrons. The fourth-order valence-corrected chi connectivity index (χ4v) is 3.07. The van der Waals surface area contributed by atoms with Crippen molar-refractivity contribution in [2.75, 3.05) is 25.1 Å². The van der Waals surface area contributed by atoms with Crippen molar-refractivity contribution in [2.45, 2.75) is 11.3 Å². The monoisotopic (exact) mass is 405 g/mol. The van der Waals surface area contributed by atoms with Crippen LogP contribution >= 0.6 is 0 Å². The third kappa shape index (κ3) is 4.99. The van der Waals surface area contributed by atoms with E-state index in [0.717, 1.165) is 5.56 Å². The van der Waals surface area contributed by atoms with E-state index in [1.807, 2.05) is 0 Å². The summed E-state index contributed by atoms with van der Waals surface area (Å²) in [5, 5.41) is 10.0. The van der Waals surface area contributed by atoms with Crippen molar-refractivity contribution < 1.29 is 27.5 Å². The lowest BCUT2D eigenvalue weighted by Gasteiger charge is -2.18. The molecule has 3 rings (SSSR count). The lowest BCUT2D eigenvalue weighted by atomic mass is 10.1. The van der Waals surface area contributed by atoms with E-state index in [0.29, 0.717) is 36.8 Å². The van der Waals surface area contributed by atoms with Gasteiger partial charge in [0, 0.05) is 18.3 Å². The van der Waals surface area contributed by atoms with Gasteiger partial charge in [-0.25, -0.2) is 13.6 Å². The molecule has 0 bridgehead atoms. The average molecular weight is 405 g/mol. The summed E-state index contributed by atoms with van der Waals surface area (Å²) < 4.78 is 33.2. The van der Waals surface area contributed by atoms with Gasteiger partial charge in [0.05, 0.1) is 4.90 Å². The molecule has 9 nitrogen and oxygen atoms in total. The molecule has 4 N–H and O–H groups in total. The summed E-state index contributed by atoms with van der Waals surface area (Å²) in [6.07, 6.45) is 0.425. The van der Waals surface area contributed by atoms with E-state index in [-0.39, 0.29) is 11.4 Å². The number of nitrogens with two attached hydrogens (primary N) is 1. The largest absolute Gasteiger partial charge is 0.486 e. The van der Waals surface area contributed by atoms with Crippen LogP contribution in [0.4, 0.5) is 5.69 Å². The van der Waals surface area contributed by atoms with Crippen molar-refractivity contribution in [1.29, 1.82) is 0 Å². The molecule has 0 saturated heterocycles. The SMILES string of the molecule is NS(=O)(=O)c1ccc(CCNC(=O)C(=O)Nc2ccc3c(c2)OCCO3)cc1. The van der Waals surface area contributed by atoms with Gasteiger partial charge in [0.25, 0.3) is 0 Å². The number of hydrogen-bond acceptors (Lipinski definition) is 6. The van der Waals surface area contributed by atoms with Crippen LogP contribution in [0.15, 0.2) is 47.4 Å². The molecule has 1 heterocycles. The summed E-state index contributed by atoms with van der Waals surface area (Å²) in [5.74, 6) is -0.494. The number of amides is 2. The zero-order valence-electron chi connectivity index (χ0n) is 14.8. The van der Waals surface area contributed by atoms with E-state index in [2.05, 4.69) is 10.6 Å². The first kappa shape index (κ1) is 19.6. The number of sulfonamides is 1. The fraction of sp³-hybridized carbons (Fsp3) is 0.222. The van der Waals surface area contributed by atoms with E-state index in [1.54, 1.807) is 30.3 Å². The molecule has 1 aliphatic rings. The Morgan fingerprint density at radius 3 is 2.32 bits per heavy atom.